The van der Waals surface area contributed by atoms with Crippen molar-refractivity contribution < 1.29 is 9.13 Å². The van der Waals surface area contributed by atoms with E-state index in [-0.39, 0.29) is 6.10 Å². The highest BCUT2D eigenvalue weighted by atomic mass is 19.1. The van der Waals surface area contributed by atoms with Gasteiger partial charge in [0.15, 0.2) is 6.36 Å². The fourth-order valence-electron chi connectivity index (χ4n) is 1.24. The molecule has 0 bridgehead atoms. The lowest BCUT2D eigenvalue weighted by molar-refractivity contribution is -0.137. The van der Waals surface area contributed by atoms with Crippen molar-refractivity contribution in [1.29, 1.82) is 0 Å². The molecule has 1 aliphatic rings. The van der Waals surface area contributed by atoms with Crippen molar-refractivity contribution in [1.82, 2.24) is 4.90 Å². The molecule has 11 heavy (non-hydrogen) atoms. The second-order valence-electron chi connectivity index (χ2n) is 3.35. The van der Waals surface area contributed by atoms with Crippen molar-refractivity contribution >= 4 is 0 Å². The van der Waals surface area contributed by atoms with E-state index < -0.39 is 6.36 Å². The first-order valence-corrected chi connectivity index (χ1v) is 4.13. The second-order valence-corrected chi connectivity index (χ2v) is 3.35. The molecule has 0 aromatic rings. The standard InChI is InChI=1S/C8H16FNO/c1-6(2)10-4-8(5-10)11-7(3)9/h6-8H,4-5H2,1-3H3. The summed E-state index contributed by atoms with van der Waals surface area (Å²) in [6.07, 6.45) is -0.994. The van der Waals surface area contributed by atoms with E-state index in [4.69, 9.17) is 4.74 Å². The molecule has 0 aliphatic carbocycles. The zero-order valence-electron chi connectivity index (χ0n) is 7.38. The fourth-order valence-corrected chi connectivity index (χ4v) is 1.24. The smallest absolute Gasteiger partial charge is 0.196 e. The summed E-state index contributed by atoms with van der Waals surface area (Å²) >= 11 is 0. The lowest BCUT2D eigenvalue weighted by Gasteiger charge is -2.41. The Hall–Kier alpha value is -0.150. The molecule has 3 heteroatoms. The van der Waals surface area contributed by atoms with Crippen LogP contribution in [-0.4, -0.2) is 36.5 Å². The van der Waals surface area contributed by atoms with Crippen molar-refractivity contribution in [2.24, 2.45) is 0 Å². The summed E-state index contributed by atoms with van der Waals surface area (Å²) in [5.41, 5.74) is 0. The summed E-state index contributed by atoms with van der Waals surface area (Å²) in [6, 6.07) is 0.560. The van der Waals surface area contributed by atoms with Crippen molar-refractivity contribution in [2.75, 3.05) is 13.1 Å². The predicted octanol–water partition coefficient (Wildman–Crippen LogP) is 1.41. The molecule has 1 aliphatic heterocycles. The Morgan fingerprint density at radius 1 is 1.36 bits per heavy atom. The first-order chi connectivity index (χ1) is 5.09. The van der Waals surface area contributed by atoms with Gasteiger partial charge in [0, 0.05) is 19.1 Å². The summed E-state index contributed by atoms with van der Waals surface area (Å²) in [4.78, 5) is 2.26. The van der Waals surface area contributed by atoms with Crippen molar-refractivity contribution in [3.8, 4) is 0 Å². The Balaban J connectivity index is 2.09. The quantitative estimate of drug-likeness (QED) is 0.620. The molecular weight excluding hydrogens is 145 g/mol. The molecule has 0 N–H and O–H groups in total. The average molecular weight is 161 g/mol. The Labute approximate surface area is 67.3 Å². The van der Waals surface area contributed by atoms with Crippen LogP contribution in [0.5, 0.6) is 0 Å². The molecule has 0 saturated carbocycles. The summed E-state index contributed by atoms with van der Waals surface area (Å²) in [6.45, 7) is 7.46. The third kappa shape index (κ3) is 2.42. The van der Waals surface area contributed by atoms with E-state index in [0.717, 1.165) is 13.1 Å². The van der Waals surface area contributed by atoms with Crippen LogP contribution in [0, 0.1) is 0 Å². The van der Waals surface area contributed by atoms with E-state index >= 15 is 0 Å². The van der Waals surface area contributed by atoms with Gasteiger partial charge in [-0.05, 0) is 20.8 Å². The van der Waals surface area contributed by atoms with Crippen LogP contribution in [0.15, 0.2) is 0 Å². The third-order valence-electron chi connectivity index (χ3n) is 1.99. The van der Waals surface area contributed by atoms with Gasteiger partial charge in [0.2, 0.25) is 0 Å². The molecule has 0 spiro atoms. The van der Waals surface area contributed by atoms with Gasteiger partial charge >= 0.3 is 0 Å². The zero-order valence-corrected chi connectivity index (χ0v) is 7.38. The summed E-state index contributed by atoms with van der Waals surface area (Å²) in [7, 11) is 0. The molecule has 66 valence electrons. The van der Waals surface area contributed by atoms with Crippen LogP contribution in [0.25, 0.3) is 0 Å². The Kier molecular flexibility index (Phi) is 2.84. The topological polar surface area (TPSA) is 12.5 Å². The Morgan fingerprint density at radius 2 is 1.91 bits per heavy atom. The highest BCUT2D eigenvalue weighted by Gasteiger charge is 2.30. The number of ether oxygens (including phenoxy) is 1. The van der Waals surface area contributed by atoms with Crippen LogP contribution >= 0.6 is 0 Å². The van der Waals surface area contributed by atoms with Crippen molar-refractivity contribution in [2.45, 2.75) is 39.3 Å². The second kappa shape index (κ2) is 3.50. The minimum absolute atomic E-state index is 0.123. The molecule has 0 radical (unpaired) electrons. The normalized spacial score (nSPS) is 23.7. The van der Waals surface area contributed by atoms with Gasteiger partial charge < -0.3 is 4.74 Å². The van der Waals surface area contributed by atoms with Gasteiger partial charge in [-0.15, -0.1) is 0 Å². The number of likely N-dealkylation sites (tertiary alicyclic amines) is 1. The van der Waals surface area contributed by atoms with Crippen LogP contribution < -0.4 is 0 Å². The predicted molar refractivity (Wildman–Crippen MR) is 42.2 cm³/mol. The molecule has 2 nitrogen and oxygen atoms in total. The van der Waals surface area contributed by atoms with E-state index in [9.17, 15) is 4.39 Å². The van der Waals surface area contributed by atoms with Gasteiger partial charge in [0.1, 0.15) is 0 Å². The number of halogens is 1. The molecule has 1 heterocycles. The number of hydrogen-bond acceptors (Lipinski definition) is 2. The number of nitrogens with zero attached hydrogens (tertiary/aromatic N) is 1. The SMILES string of the molecule is CC(F)OC1CN(C(C)C)C1. The van der Waals surface area contributed by atoms with E-state index in [2.05, 4.69) is 18.7 Å². The van der Waals surface area contributed by atoms with Gasteiger partial charge in [-0.25, -0.2) is 4.39 Å². The van der Waals surface area contributed by atoms with Gasteiger partial charge in [0.25, 0.3) is 0 Å². The largest absolute Gasteiger partial charge is 0.342 e. The Bertz CT molecular complexity index is 121. The first kappa shape index (κ1) is 8.94. The maximum atomic E-state index is 12.3. The van der Waals surface area contributed by atoms with E-state index in [1.807, 2.05) is 0 Å². The highest BCUT2D eigenvalue weighted by molar-refractivity contribution is 4.82. The molecular formula is C8H16FNO. The molecule has 1 unspecified atom stereocenters. The fraction of sp³-hybridized carbons (Fsp3) is 1.00. The molecule has 0 aromatic carbocycles. The molecule has 1 saturated heterocycles. The zero-order chi connectivity index (χ0) is 8.43. The molecule has 1 fully saturated rings. The van der Waals surface area contributed by atoms with Crippen molar-refractivity contribution in [3.05, 3.63) is 0 Å². The lowest BCUT2D eigenvalue weighted by atomic mass is 10.1. The highest BCUT2D eigenvalue weighted by Crippen LogP contribution is 2.16. The number of alkyl halides is 1. The van der Waals surface area contributed by atoms with Gasteiger partial charge in [-0.1, -0.05) is 0 Å². The number of rotatable bonds is 3. The van der Waals surface area contributed by atoms with Crippen LogP contribution in [0.4, 0.5) is 4.39 Å². The van der Waals surface area contributed by atoms with Gasteiger partial charge in [0.05, 0.1) is 6.10 Å². The van der Waals surface area contributed by atoms with Crippen LogP contribution in [0.2, 0.25) is 0 Å². The molecule has 0 aromatic heterocycles. The monoisotopic (exact) mass is 161 g/mol. The molecule has 1 atom stereocenters. The Morgan fingerprint density at radius 3 is 2.27 bits per heavy atom. The minimum Gasteiger partial charge on any atom is -0.342 e. The van der Waals surface area contributed by atoms with Crippen LogP contribution in [0.3, 0.4) is 0 Å². The summed E-state index contributed by atoms with van der Waals surface area (Å²) in [5.74, 6) is 0. The van der Waals surface area contributed by atoms with Crippen LogP contribution in [0.1, 0.15) is 20.8 Å². The maximum absolute atomic E-state index is 12.3. The first-order valence-electron chi connectivity index (χ1n) is 4.13. The van der Waals surface area contributed by atoms with E-state index in [0.29, 0.717) is 6.04 Å². The lowest BCUT2D eigenvalue weighted by Crippen LogP contribution is -2.55. The van der Waals surface area contributed by atoms with Gasteiger partial charge in [-0.3, -0.25) is 4.90 Å². The van der Waals surface area contributed by atoms with Gasteiger partial charge in [-0.2, -0.15) is 0 Å². The maximum Gasteiger partial charge on any atom is 0.196 e. The van der Waals surface area contributed by atoms with Crippen molar-refractivity contribution in [3.63, 3.8) is 0 Å². The summed E-state index contributed by atoms with van der Waals surface area (Å²) < 4.78 is 17.2. The molecule has 1 rings (SSSR count). The third-order valence-corrected chi connectivity index (χ3v) is 1.99. The van der Waals surface area contributed by atoms with E-state index in [1.165, 1.54) is 6.92 Å². The average Bonchev–Trinajstić information content (AvgIpc) is 1.75. The summed E-state index contributed by atoms with van der Waals surface area (Å²) in [5, 5.41) is 0. The van der Waals surface area contributed by atoms with E-state index in [1.54, 1.807) is 0 Å². The molecule has 0 amide bonds. The number of hydrogen-bond donors (Lipinski definition) is 0. The minimum atomic E-state index is -1.12. The van der Waals surface area contributed by atoms with Crippen LogP contribution in [-0.2, 0) is 4.74 Å².